The third kappa shape index (κ3) is 4.33. The smallest absolute Gasteiger partial charge is 0.428 e. The number of nitrogens with two attached hydrogens (primary N) is 1. The number of aryl methyl sites for hydroxylation is 1. The zero-order valence-electron chi connectivity index (χ0n) is 17.4. The number of nitrogens with one attached hydrogen (secondary N) is 2. The number of ether oxygens (including phenoxy) is 2. The molecule has 6 heteroatoms. The molecule has 0 saturated carbocycles. The lowest BCUT2D eigenvalue weighted by Gasteiger charge is -2.46. The van der Waals surface area contributed by atoms with E-state index in [1.807, 2.05) is 6.07 Å². The number of carbonyl (C=O) groups is 1. The van der Waals surface area contributed by atoms with Gasteiger partial charge in [-0.15, -0.1) is 0 Å². The largest absolute Gasteiger partial charge is 0.487 e. The van der Waals surface area contributed by atoms with Gasteiger partial charge in [-0.1, -0.05) is 31.4 Å². The van der Waals surface area contributed by atoms with Crippen LogP contribution in [-0.2, 0) is 6.42 Å². The Morgan fingerprint density at radius 2 is 2.14 bits per heavy atom. The number of benzene rings is 1. The zero-order valence-corrected chi connectivity index (χ0v) is 17.4. The Morgan fingerprint density at radius 3 is 2.86 bits per heavy atom. The van der Waals surface area contributed by atoms with Gasteiger partial charge >= 0.3 is 6.09 Å². The first-order chi connectivity index (χ1) is 13.4. The summed E-state index contributed by atoms with van der Waals surface area (Å²) < 4.78 is 12.1. The highest BCUT2D eigenvalue weighted by molar-refractivity contribution is 5.71. The number of amides is 1. The van der Waals surface area contributed by atoms with Gasteiger partial charge in [-0.3, -0.25) is 5.84 Å². The Morgan fingerprint density at radius 1 is 1.36 bits per heavy atom. The molecule has 0 aromatic heterocycles. The highest BCUT2D eigenvalue weighted by Crippen LogP contribution is 2.53. The van der Waals surface area contributed by atoms with Gasteiger partial charge in [0.1, 0.15) is 17.1 Å². The molecule has 6 nitrogen and oxygen atoms in total. The molecule has 2 atom stereocenters. The minimum Gasteiger partial charge on any atom is -0.487 e. The van der Waals surface area contributed by atoms with Crippen LogP contribution in [0.4, 0.5) is 4.79 Å². The maximum Gasteiger partial charge on any atom is 0.428 e. The standard InChI is InChI=1S/C22H33N3O3/c1-5-6-7-8-15-12-18(27-21(26)24-25-23)20-16-11-14(2)9-10-17(16)22(3,4)28-19(20)13-15/h11-13,16-17,25H,5-10,23H2,1-4H3,(H,24,26). The third-order valence-corrected chi connectivity index (χ3v) is 5.96. The summed E-state index contributed by atoms with van der Waals surface area (Å²) >= 11 is 0. The Hall–Kier alpha value is -2.05. The summed E-state index contributed by atoms with van der Waals surface area (Å²) in [7, 11) is 0. The number of hydrogen-bond acceptors (Lipinski definition) is 5. The van der Waals surface area contributed by atoms with Gasteiger partial charge in [0.15, 0.2) is 0 Å². The van der Waals surface area contributed by atoms with Crippen molar-refractivity contribution >= 4 is 6.09 Å². The van der Waals surface area contributed by atoms with Crippen LogP contribution in [0, 0.1) is 5.92 Å². The Bertz CT molecular complexity index is 758. The summed E-state index contributed by atoms with van der Waals surface area (Å²) in [6.45, 7) is 8.69. The number of unbranched alkanes of at least 4 members (excludes halogenated alkanes) is 2. The first-order valence-corrected chi connectivity index (χ1v) is 10.3. The zero-order chi connectivity index (χ0) is 20.3. The van der Waals surface area contributed by atoms with Crippen LogP contribution in [0.15, 0.2) is 23.8 Å². The molecule has 0 bridgehead atoms. The average molecular weight is 388 g/mol. The van der Waals surface area contributed by atoms with E-state index in [0.29, 0.717) is 11.7 Å². The van der Waals surface area contributed by atoms with Gasteiger partial charge in [0.05, 0.1) is 0 Å². The van der Waals surface area contributed by atoms with E-state index in [0.717, 1.165) is 49.0 Å². The van der Waals surface area contributed by atoms with Crippen LogP contribution in [0.25, 0.3) is 0 Å². The lowest BCUT2D eigenvalue weighted by Crippen LogP contribution is -2.46. The summed E-state index contributed by atoms with van der Waals surface area (Å²) in [5, 5.41) is 0. The molecular formula is C22H33N3O3. The fourth-order valence-corrected chi connectivity index (χ4v) is 4.55. The van der Waals surface area contributed by atoms with Crippen molar-refractivity contribution in [3.05, 3.63) is 34.9 Å². The molecule has 0 fully saturated rings. The van der Waals surface area contributed by atoms with E-state index in [2.05, 4.69) is 50.8 Å². The Kier molecular flexibility index (Phi) is 6.30. The molecule has 1 aliphatic heterocycles. The second kappa shape index (κ2) is 8.53. The van der Waals surface area contributed by atoms with E-state index in [1.165, 1.54) is 12.0 Å². The number of rotatable bonds is 6. The van der Waals surface area contributed by atoms with Crippen molar-refractivity contribution in [3.8, 4) is 11.5 Å². The summed E-state index contributed by atoms with van der Waals surface area (Å²) in [5.41, 5.74) is 7.61. The topological polar surface area (TPSA) is 85.6 Å². The van der Waals surface area contributed by atoms with Crippen LogP contribution in [0.3, 0.4) is 0 Å². The highest BCUT2D eigenvalue weighted by atomic mass is 16.6. The molecule has 3 rings (SSSR count). The Labute approximate surface area is 167 Å². The summed E-state index contributed by atoms with van der Waals surface area (Å²) in [5.74, 6) is 7.10. The monoisotopic (exact) mass is 387 g/mol. The third-order valence-electron chi connectivity index (χ3n) is 5.96. The fraction of sp³-hybridized carbons (Fsp3) is 0.591. The molecule has 2 unspecified atom stereocenters. The van der Waals surface area contributed by atoms with Crippen LogP contribution >= 0.6 is 0 Å². The van der Waals surface area contributed by atoms with Crippen molar-refractivity contribution in [1.82, 2.24) is 11.0 Å². The van der Waals surface area contributed by atoms with E-state index in [9.17, 15) is 4.79 Å². The summed E-state index contributed by atoms with van der Waals surface area (Å²) in [4.78, 5) is 12.1. The molecule has 1 aliphatic carbocycles. The van der Waals surface area contributed by atoms with Gasteiger partial charge < -0.3 is 9.47 Å². The van der Waals surface area contributed by atoms with Gasteiger partial charge in [0, 0.05) is 17.4 Å². The minimum atomic E-state index is -0.631. The van der Waals surface area contributed by atoms with E-state index in [1.54, 1.807) is 0 Å². The Balaban J connectivity index is 2.05. The summed E-state index contributed by atoms with van der Waals surface area (Å²) in [6, 6.07) is 4.12. The molecule has 0 spiro atoms. The predicted octanol–water partition coefficient (Wildman–Crippen LogP) is 4.50. The normalized spacial score (nSPS) is 22.4. The van der Waals surface area contributed by atoms with Crippen LogP contribution in [-0.4, -0.2) is 11.7 Å². The van der Waals surface area contributed by atoms with Crippen molar-refractivity contribution in [2.45, 2.75) is 77.7 Å². The molecule has 0 radical (unpaired) electrons. The van der Waals surface area contributed by atoms with Crippen molar-refractivity contribution in [2.24, 2.45) is 11.8 Å². The first-order valence-electron chi connectivity index (χ1n) is 10.3. The van der Waals surface area contributed by atoms with Crippen LogP contribution < -0.4 is 26.3 Å². The van der Waals surface area contributed by atoms with Gasteiger partial charge in [-0.2, -0.15) is 5.53 Å². The van der Waals surface area contributed by atoms with Crippen molar-refractivity contribution in [2.75, 3.05) is 0 Å². The molecule has 28 heavy (non-hydrogen) atoms. The van der Waals surface area contributed by atoms with Crippen molar-refractivity contribution in [3.63, 3.8) is 0 Å². The molecule has 1 aromatic rings. The average Bonchev–Trinajstić information content (AvgIpc) is 2.61. The summed E-state index contributed by atoms with van der Waals surface area (Å²) in [6.07, 6.45) is 8.19. The second-order valence-corrected chi connectivity index (χ2v) is 8.51. The molecule has 1 heterocycles. The van der Waals surface area contributed by atoms with Crippen LogP contribution in [0.1, 0.15) is 76.8 Å². The van der Waals surface area contributed by atoms with E-state index in [4.69, 9.17) is 15.3 Å². The number of fused-ring (bicyclic) bond motifs is 3. The molecular weight excluding hydrogens is 354 g/mol. The van der Waals surface area contributed by atoms with E-state index >= 15 is 0 Å². The molecule has 154 valence electrons. The SMILES string of the molecule is CCCCCc1cc(OC(=O)NNN)c2c(c1)OC(C)(C)C1CCC(C)=CC21. The quantitative estimate of drug-likeness (QED) is 0.290. The molecule has 1 amide bonds. The van der Waals surface area contributed by atoms with Gasteiger partial charge in [0.2, 0.25) is 0 Å². The van der Waals surface area contributed by atoms with Gasteiger partial charge in [-0.25, -0.2) is 10.2 Å². The first kappa shape index (κ1) is 20.7. The van der Waals surface area contributed by atoms with Crippen molar-refractivity contribution < 1.29 is 14.3 Å². The van der Waals surface area contributed by atoms with Gasteiger partial charge in [0.25, 0.3) is 0 Å². The number of carbonyl (C=O) groups excluding carboxylic acids is 1. The fourth-order valence-electron chi connectivity index (χ4n) is 4.55. The number of hydrazine groups is 2. The number of hydrogen-bond donors (Lipinski definition) is 3. The highest BCUT2D eigenvalue weighted by Gasteiger charge is 2.45. The van der Waals surface area contributed by atoms with E-state index in [-0.39, 0.29) is 11.5 Å². The predicted molar refractivity (Wildman–Crippen MR) is 110 cm³/mol. The minimum absolute atomic E-state index is 0.172. The lowest BCUT2D eigenvalue weighted by atomic mass is 9.68. The molecule has 4 N–H and O–H groups in total. The molecule has 1 aromatic carbocycles. The second-order valence-electron chi connectivity index (χ2n) is 8.51. The number of allylic oxidation sites excluding steroid dienone is 2. The molecule has 0 saturated heterocycles. The van der Waals surface area contributed by atoms with Crippen LogP contribution in [0.2, 0.25) is 0 Å². The van der Waals surface area contributed by atoms with Crippen LogP contribution in [0.5, 0.6) is 11.5 Å². The lowest BCUT2D eigenvalue weighted by molar-refractivity contribution is 0.0108. The van der Waals surface area contributed by atoms with Gasteiger partial charge in [-0.05, 0) is 64.2 Å². The molecule has 2 aliphatic rings. The van der Waals surface area contributed by atoms with Crippen molar-refractivity contribution in [1.29, 1.82) is 0 Å². The van der Waals surface area contributed by atoms with E-state index < -0.39 is 6.09 Å². The maximum atomic E-state index is 12.1. The maximum absolute atomic E-state index is 12.1.